The van der Waals surface area contributed by atoms with Crippen LogP contribution in [0.5, 0.6) is 0 Å². The number of hydrogen-bond acceptors (Lipinski definition) is 8. The molecule has 13 nitrogen and oxygen atoms in total. The van der Waals surface area contributed by atoms with E-state index in [9.17, 15) is 19.2 Å². The Labute approximate surface area is 412 Å². The lowest BCUT2D eigenvalue weighted by molar-refractivity contribution is -0.136. The van der Waals surface area contributed by atoms with Crippen LogP contribution < -0.4 is 21.6 Å². The van der Waals surface area contributed by atoms with Crippen LogP contribution >= 0.6 is 23.2 Å². The van der Waals surface area contributed by atoms with Crippen molar-refractivity contribution in [1.82, 2.24) is 34.5 Å². The van der Waals surface area contributed by atoms with Gasteiger partial charge in [0.2, 0.25) is 23.6 Å². The van der Waals surface area contributed by atoms with Crippen molar-refractivity contribution in [3.8, 4) is 0 Å². The van der Waals surface area contributed by atoms with Gasteiger partial charge in [-0.25, -0.2) is 9.18 Å². The monoisotopic (exact) mass is 980 g/mol. The Morgan fingerprint density at radius 3 is 2.33 bits per heavy atom. The van der Waals surface area contributed by atoms with Gasteiger partial charge in [0, 0.05) is 67.9 Å². The molecule has 4 saturated heterocycles. The summed E-state index contributed by atoms with van der Waals surface area (Å²) < 4.78 is 19.6. The first-order valence-corrected chi connectivity index (χ1v) is 26.0. The molecule has 2 saturated carbocycles. The van der Waals surface area contributed by atoms with Crippen molar-refractivity contribution in [1.29, 1.82) is 0 Å². The van der Waals surface area contributed by atoms with Crippen LogP contribution in [-0.2, 0) is 38.1 Å². The summed E-state index contributed by atoms with van der Waals surface area (Å²) in [6.45, 7) is 6.43. The van der Waals surface area contributed by atoms with Crippen molar-refractivity contribution < 1.29 is 23.6 Å². The fourth-order valence-corrected chi connectivity index (χ4v) is 14.9. The van der Waals surface area contributed by atoms with Crippen molar-refractivity contribution >= 4 is 63.6 Å². The van der Waals surface area contributed by atoms with E-state index < -0.39 is 40.7 Å². The second kappa shape index (κ2) is 17.9. The van der Waals surface area contributed by atoms with E-state index in [0.717, 1.165) is 107 Å². The van der Waals surface area contributed by atoms with Gasteiger partial charge in [-0.1, -0.05) is 66.7 Å². The number of imide groups is 1. The van der Waals surface area contributed by atoms with Crippen LogP contribution in [0.3, 0.4) is 0 Å². The maximum absolute atomic E-state index is 16.5. The molecule has 366 valence electrons. The van der Waals surface area contributed by atoms with Gasteiger partial charge in [-0.05, 0) is 143 Å². The van der Waals surface area contributed by atoms with Gasteiger partial charge in [0.15, 0.2) is 0 Å². The van der Waals surface area contributed by atoms with E-state index in [4.69, 9.17) is 23.2 Å². The summed E-state index contributed by atoms with van der Waals surface area (Å²) >= 11 is 13.0. The lowest BCUT2D eigenvalue weighted by Gasteiger charge is -2.54. The number of benzene rings is 3. The zero-order valence-electron chi connectivity index (χ0n) is 39.6. The molecular formula is C53H63Cl2FN8O5. The van der Waals surface area contributed by atoms with Crippen molar-refractivity contribution in [3.05, 3.63) is 97.6 Å². The van der Waals surface area contributed by atoms with E-state index in [1.165, 1.54) is 23.5 Å². The Kier molecular flexibility index (Phi) is 12.1. The Balaban J connectivity index is 0.696. The number of amides is 4. The zero-order chi connectivity index (χ0) is 48.0. The van der Waals surface area contributed by atoms with Crippen LogP contribution in [0.2, 0.25) is 10.0 Å². The number of likely N-dealkylation sites (tertiary alicyclic amines) is 3. The number of carbonyl (C=O) groups is 4. The molecule has 16 heteroatoms. The third-order valence-corrected chi connectivity index (χ3v) is 18.6. The standard InChI is InChI=1S/C53H63Cl2FN8O5/c1-60-42-27-32(11-16-40(42)64(50(60)69)41-17-18-43(65)59-47(41)66)19-24-63-30-51(31-63)22-25-62(26-23-51)29-33-9-13-35(14-10-33)57-48(67)46-44(36-7-6-8-38(55)45(36)56)53(52(61(46)2)20-4-3-5-21-52)37-15-12-34(54)28-39(37)58-49(53)68/h6-8,11-12,15-16,27-28,33,35,41,44,46H,3-5,9-10,13-14,17-26,29-31H2,1-2H3,(H,57,67)(H,58,68)(H,59,65,66)/t33?,35?,41?,44-,46+,53+/m0/s1. The Hall–Kier alpha value is -4.60. The second-order valence-corrected chi connectivity index (χ2v) is 22.6. The molecule has 6 heterocycles. The highest BCUT2D eigenvalue weighted by Gasteiger charge is 2.74. The minimum absolute atomic E-state index is 0.00678. The van der Waals surface area contributed by atoms with Crippen molar-refractivity contribution in [3.63, 3.8) is 0 Å². The summed E-state index contributed by atoms with van der Waals surface area (Å²) in [5.74, 6) is -1.95. The zero-order valence-corrected chi connectivity index (χ0v) is 41.1. The van der Waals surface area contributed by atoms with E-state index in [2.05, 4.69) is 42.8 Å². The number of halogens is 3. The Morgan fingerprint density at radius 2 is 1.59 bits per heavy atom. The normalized spacial score (nSPS) is 29.1. The van der Waals surface area contributed by atoms with Crippen molar-refractivity contribution in [2.45, 2.75) is 125 Å². The molecule has 3 aromatic carbocycles. The average molecular weight is 982 g/mol. The molecule has 3 spiro atoms. The number of likely N-dealkylation sites (N-methyl/N-ethyl adjacent to an activating group) is 1. The highest BCUT2D eigenvalue weighted by Crippen LogP contribution is 2.66. The average Bonchev–Trinajstić information content (AvgIpc) is 3.84. The van der Waals surface area contributed by atoms with Crippen LogP contribution in [0.25, 0.3) is 11.0 Å². The molecule has 11 rings (SSSR count). The van der Waals surface area contributed by atoms with Crippen LogP contribution in [-0.4, -0.2) is 111 Å². The van der Waals surface area contributed by atoms with E-state index in [1.54, 1.807) is 35.9 Å². The van der Waals surface area contributed by atoms with Gasteiger partial charge in [0.1, 0.15) is 17.3 Å². The predicted molar refractivity (Wildman–Crippen MR) is 264 cm³/mol. The van der Waals surface area contributed by atoms with Crippen LogP contribution in [0.15, 0.2) is 59.4 Å². The minimum Gasteiger partial charge on any atom is -0.352 e. The highest BCUT2D eigenvalue weighted by molar-refractivity contribution is 6.31. The SMILES string of the molecule is CN1[C@@H](C(=O)NC2CCC(CN3CCC4(CC3)CN(CCc3ccc5c(c3)n(C)c(=O)n5C3CCC(=O)NC3=O)C4)CC2)[C@H](c2cccc(Cl)c2F)[C@]2(C(=O)Nc3cc(Cl)ccc32)C12CCCCC2. The molecule has 1 unspecified atom stereocenters. The van der Waals surface area contributed by atoms with E-state index in [-0.39, 0.29) is 40.9 Å². The molecule has 6 fully saturated rings. The van der Waals surface area contributed by atoms with Crippen molar-refractivity contribution in [2.75, 3.05) is 51.6 Å². The van der Waals surface area contributed by atoms with Crippen molar-refractivity contribution in [2.24, 2.45) is 18.4 Å². The number of hydrogen-bond donors (Lipinski definition) is 3. The number of aryl methyl sites for hydroxylation is 1. The highest BCUT2D eigenvalue weighted by atomic mass is 35.5. The molecule has 2 aliphatic carbocycles. The summed E-state index contributed by atoms with van der Waals surface area (Å²) in [6, 6.07) is 15.0. The van der Waals surface area contributed by atoms with Gasteiger partial charge in [-0.3, -0.25) is 38.5 Å². The van der Waals surface area contributed by atoms with Gasteiger partial charge in [-0.2, -0.15) is 0 Å². The minimum atomic E-state index is -1.24. The molecular weight excluding hydrogens is 919 g/mol. The first-order valence-electron chi connectivity index (χ1n) is 25.3. The molecule has 5 aliphatic heterocycles. The molecule has 4 amide bonds. The lowest BCUT2D eigenvalue weighted by atomic mass is 9.55. The predicted octanol–water partition coefficient (Wildman–Crippen LogP) is 7.07. The van der Waals surface area contributed by atoms with E-state index >= 15 is 9.18 Å². The number of aromatic nitrogens is 2. The molecule has 0 bridgehead atoms. The third kappa shape index (κ3) is 7.68. The number of rotatable bonds is 9. The molecule has 69 heavy (non-hydrogen) atoms. The molecule has 4 atom stereocenters. The van der Waals surface area contributed by atoms with E-state index in [1.807, 2.05) is 19.2 Å². The van der Waals surface area contributed by atoms with Gasteiger partial charge in [0.05, 0.1) is 22.1 Å². The summed E-state index contributed by atoms with van der Waals surface area (Å²) in [5.41, 5.74) is 2.50. The molecule has 7 aliphatic rings. The smallest absolute Gasteiger partial charge is 0.329 e. The van der Waals surface area contributed by atoms with Gasteiger partial charge in [0.25, 0.3) is 0 Å². The summed E-state index contributed by atoms with van der Waals surface area (Å²) in [4.78, 5) is 74.8. The van der Waals surface area contributed by atoms with Crippen LogP contribution in [0.1, 0.15) is 112 Å². The molecule has 4 aromatic rings. The quantitative estimate of drug-likeness (QED) is 0.152. The first kappa shape index (κ1) is 46.8. The van der Waals surface area contributed by atoms with Crippen LogP contribution in [0, 0.1) is 17.2 Å². The number of piperidine rings is 2. The molecule has 1 aromatic heterocycles. The summed E-state index contributed by atoms with van der Waals surface area (Å²) in [7, 11) is 3.71. The van der Waals surface area contributed by atoms with Gasteiger partial charge in [-0.15, -0.1) is 0 Å². The number of anilines is 1. The van der Waals surface area contributed by atoms with Crippen LogP contribution in [0.4, 0.5) is 10.1 Å². The number of imidazole rings is 1. The third-order valence-electron chi connectivity index (χ3n) is 18.0. The molecule has 0 radical (unpaired) electrons. The Bertz CT molecular complexity index is 2780. The summed E-state index contributed by atoms with van der Waals surface area (Å²) in [5, 5.41) is 9.47. The van der Waals surface area contributed by atoms with E-state index in [0.29, 0.717) is 52.4 Å². The van der Waals surface area contributed by atoms with Gasteiger partial charge >= 0.3 is 5.69 Å². The first-order chi connectivity index (χ1) is 33.2. The van der Waals surface area contributed by atoms with Gasteiger partial charge < -0.3 is 20.4 Å². The summed E-state index contributed by atoms with van der Waals surface area (Å²) in [6.07, 6.45) is 11.9. The fraction of sp³-hybridized carbons (Fsp3) is 0.566. The maximum atomic E-state index is 16.5. The second-order valence-electron chi connectivity index (χ2n) is 21.7. The number of fused-ring (bicyclic) bond motifs is 4. The largest absolute Gasteiger partial charge is 0.352 e. The number of carbonyl (C=O) groups excluding carboxylic acids is 4. The fourth-order valence-electron chi connectivity index (χ4n) is 14.6. The number of nitrogens with zero attached hydrogens (tertiary/aromatic N) is 5. The maximum Gasteiger partial charge on any atom is 0.329 e. The Morgan fingerprint density at radius 1 is 0.841 bits per heavy atom. The molecule has 3 N–H and O–H groups in total. The lowest BCUT2D eigenvalue weighted by Crippen LogP contribution is -2.60. The number of nitrogens with one attached hydrogen (secondary N) is 3. The topological polar surface area (TPSA) is 141 Å².